The van der Waals surface area contributed by atoms with E-state index in [1.165, 1.54) is 36.8 Å². The minimum absolute atomic E-state index is 0.157. The zero-order valence-electron chi connectivity index (χ0n) is 22.8. The molecule has 0 unspecified atom stereocenters. The molecule has 0 amide bonds. The average Bonchev–Trinajstić information content (AvgIpc) is 2.92. The third kappa shape index (κ3) is 8.51. The molecule has 0 spiro atoms. The molecule has 2 aliphatic carbocycles. The van der Waals surface area contributed by atoms with E-state index in [9.17, 15) is 4.79 Å². The van der Waals surface area contributed by atoms with Gasteiger partial charge in [-0.2, -0.15) is 0 Å². The Balaban J connectivity index is 0.000000205. The van der Waals surface area contributed by atoms with Crippen LogP contribution in [0.3, 0.4) is 0 Å². The van der Waals surface area contributed by atoms with Crippen LogP contribution in [0, 0.1) is 5.92 Å². The number of nitrogens with one attached hydrogen (secondary N) is 2. The second-order valence-corrected chi connectivity index (χ2v) is 10.3. The van der Waals surface area contributed by atoms with Crippen molar-refractivity contribution in [2.24, 2.45) is 5.92 Å². The molecule has 2 aromatic carbocycles. The summed E-state index contributed by atoms with van der Waals surface area (Å²) in [6.45, 7) is 9.07. The fourth-order valence-electron chi connectivity index (χ4n) is 5.32. The van der Waals surface area contributed by atoms with Crippen LogP contribution in [0.5, 0.6) is 0 Å². The normalized spacial score (nSPS) is 21.6. The smallest absolute Gasteiger partial charge is 0.335 e. The van der Waals surface area contributed by atoms with Gasteiger partial charge in [-0.15, -0.1) is 0 Å². The summed E-state index contributed by atoms with van der Waals surface area (Å²) in [6.07, 6.45) is 9.50. The first-order chi connectivity index (χ1) is 17.5. The van der Waals surface area contributed by atoms with Crippen molar-refractivity contribution in [1.29, 1.82) is 0 Å². The van der Waals surface area contributed by atoms with Gasteiger partial charge in [0.15, 0.2) is 0 Å². The Bertz CT molecular complexity index is 941. The van der Waals surface area contributed by atoms with Gasteiger partial charge in [0.25, 0.3) is 0 Å². The van der Waals surface area contributed by atoms with Crippen molar-refractivity contribution in [3.8, 4) is 0 Å². The second kappa shape index (κ2) is 14.8. The van der Waals surface area contributed by atoms with Crippen molar-refractivity contribution in [2.75, 3.05) is 6.61 Å². The van der Waals surface area contributed by atoms with Crippen LogP contribution in [0.1, 0.15) is 102 Å². The van der Waals surface area contributed by atoms with Crippen molar-refractivity contribution < 1.29 is 9.53 Å². The van der Waals surface area contributed by atoms with Crippen LogP contribution in [0.25, 0.3) is 0 Å². The monoisotopic (exact) mass is 490 g/mol. The molecule has 1 saturated carbocycles. The van der Waals surface area contributed by atoms with Crippen LogP contribution >= 0.6 is 0 Å². The number of carbonyl (C=O) groups is 1. The topological polar surface area (TPSA) is 50.4 Å². The quantitative estimate of drug-likeness (QED) is 0.373. The fraction of sp³-hybridized carbons (Fsp3) is 0.531. The summed E-state index contributed by atoms with van der Waals surface area (Å²) in [7, 11) is 0. The maximum absolute atomic E-state index is 12.0. The van der Waals surface area contributed by atoms with Gasteiger partial charge in [-0.25, -0.2) is 4.79 Å². The summed E-state index contributed by atoms with van der Waals surface area (Å²) in [5.74, 6) is 0.676. The first kappa shape index (κ1) is 28.0. The van der Waals surface area contributed by atoms with E-state index in [2.05, 4.69) is 73.9 Å². The van der Waals surface area contributed by atoms with Crippen molar-refractivity contribution in [1.82, 2.24) is 10.6 Å². The van der Waals surface area contributed by atoms with Crippen molar-refractivity contribution >= 4 is 5.97 Å². The Morgan fingerprint density at radius 1 is 0.861 bits per heavy atom. The molecule has 2 N–H and O–H groups in total. The standard InChI is InChI=1S/C17H23NO2.C15H23N/c1-3-20-17(19)15-11-7-8-12-16(15)18-13(2)14-9-5-4-6-10-14;1-12-8-6-7-11-15(12)16-13(2)14-9-4-3-5-10-14/h4-6,9-10,13,18H,3,7-8,11-12H2,1-2H3;3-5,9-10,12-13,15-16H,6-8,11H2,1-2H3/t13-;12-,13+,15+/m01/s1. The minimum atomic E-state index is -0.157. The second-order valence-electron chi connectivity index (χ2n) is 10.3. The first-order valence-corrected chi connectivity index (χ1v) is 14.0. The number of esters is 1. The SMILES string of the molecule is CCOC(=O)C1=C(N[C@@H](C)c2ccccc2)CCCC1.C[C@H](N[C@H]1CCCC[C@H]1C)c1ccccc1. The van der Waals surface area contributed by atoms with E-state index in [1.54, 1.807) is 0 Å². The van der Waals surface area contributed by atoms with Crippen LogP contribution < -0.4 is 10.6 Å². The van der Waals surface area contributed by atoms with Crippen LogP contribution in [0.4, 0.5) is 0 Å². The van der Waals surface area contributed by atoms with Crippen LogP contribution in [0.15, 0.2) is 71.9 Å². The third-order valence-corrected chi connectivity index (χ3v) is 7.56. The molecule has 196 valence electrons. The summed E-state index contributed by atoms with van der Waals surface area (Å²) in [4.78, 5) is 12.0. The van der Waals surface area contributed by atoms with E-state index < -0.39 is 0 Å². The maximum Gasteiger partial charge on any atom is 0.335 e. The van der Waals surface area contributed by atoms with E-state index >= 15 is 0 Å². The molecule has 36 heavy (non-hydrogen) atoms. The number of ether oxygens (including phenoxy) is 1. The molecule has 0 heterocycles. The molecule has 4 rings (SSSR count). The van der Waals surface area contributed by atoms with Gasteiger partial charge in [0.1, 0.15) is 0 Å². The molecule has 4 heteroatoms. The molecule has 0 saturated heterocycles. The van der Waals surface area contributed by atoms with E-state index in [4.69, 9.17) is 4.74 Å². The number of hydrogen-bond acceptors (Lipinski definition) is 4. The summed E-state index contributed by atoms with van der Waals surface area (Å²) in [5, 5.41) is 7.29. The molecule has 0 radical (unpaired) electrons. The third-order valence-electron chi connectivity index (χ3n) is 7.56. The highest BCUT2D eigenvalue weighted by molar-refractivity contribution is 5.89. The highest BCUT2D eigenvalue weighted by Crippen LogP contribution is 2.27. The zero-order valence-corrected chi connectivity index (χ0v) is 22.8. The lowest BCUT2D eigenvalue weighted by Crippen LogP contribution is -2.38. The van der Waals surface area contributed by atoms with Gasteiger partial charge in [0, 0.05) is 23.8 Å². The molecule has 4 nitrogen and oxygen atoms in total. The van der Waals surface area contributed by atoms with Gasteiger partial charge < -0.3 is 15.4 Å². The molecular formula is C32H46N2O2. The maximum atomic E-state index is 12.0. The van der Waals surface area contributed by atoms with Gasteiger partial charge in [0.2, 0.25) is 0 Å². The molecule has 1 fully saturated rings. The molecule has 0 bridgehead atoms. The Morgan fingerprint density at radius 2 is 1.44 bits per heavy atom. The minimum Gasteiger partial charge on any atom is -0.463 e. The summed E-state index contributed by atoms with van der Waals surface area (Å²) in [5.41, 5.74) is 4.53. The summed E-state index contributed by atoms with van der Waals surface area (Å²) < 4.78 is 5.16. The van der Waals surface area contributed by atoms with E-state index in [1.807, 2.05) is 25.1 Å². The summed E-state index contributed by atoms with van der Waals surface area (Å²) >= 11 is 0. The number of benzene rings is 2. The fourth-order valence-corrected chi connectivity index (χ4v) is 5.32. The lowest BCUT2D eigenvalue weighted by Gasteiger charge is -2.32. The zero-order chi connectivity index (χ0) is 25.8. The Morgan fingerprint density at radius 3 is 2.06 bits per heavy atom. The summed E-state index contributed by atoms with van der Waals surface area (Å²) in [6, 6.07) is 22.4. The van der Waals surface area contributed by atoms with Gasteiger partial charge in [-0.3, -0.25) is 0 Å². The number of hydrogen-bond donors (Lipinski definition) is 2. The number of carbonyl (C=O) groups excluding carboxylic acids is 1. The van der Waals surface area contributed by atoms with Crippen molar-refractivity contribution in [3.05, 3.63) is 83.1 Å². The molecule has 0 aromatic heterocycles. The molecular weight excluding hydrogens is 444 g/mol. The van der Waals surface area contributed by atoms with Gasteiger partial charge in [-0.1, -0.05) is 80.4 Å². The molecule has 4 atom stereocenters. The number of allylic oxidation sites excluding steroid dienone is 1. The van der Waals surface area contributed by atoms with Gasteiger partial charge in [-0.05, 0) is 76.3 Å². The highest BCUT2D eigenvalue weighted by Gasteiger charge is 2.23. The molecule has 2 aliphatic rings. The average molecular weight is 491 g/mol. The predicted octanol–water partition coefficient (Wildman–Crippen LogP) is 7.64. The van der Waals surface area contributed by atoms with Gasteiger partial charge >= 0.3 is 5.97 Å². The Hall–Kier alpha value is -2.59. The number of rotatable bonds is 8. The lowest BCUT2D eigenvalue weighted by molar-refractivity contribution is -0.138. The molecule has 0 aliphatic heterocycles. The van der Waals surface area contributed by atoms with E-state index in [-0.39, 0.29) is 12.0 Å². The van der Waals surface area contributed by atoms with Crippen LogP contribution in [0.2, 0.25) is 0 Å². The van der Waals surface area contributed by atoms with E-state index in [0.29, 0.717) is 18.7 Å². The molecule has 2 aromatic rings. The predicted molar refractivity (Wildman–Crippen MR) is 150 cm³/mol. The van der Waals surface area contributed by atoms with Crippen molar-refractivity contribution in [3.63, 3.8) is 0 Å². The van der Waals surface area contributed by atoms with Crippen molar-refractivity contribution in [2.45, 2.75) is 97.2 Å². The Labute approximate surface area is 218 Å². The highest BCUT2D eigenvalue weighted by atomic mass is 16.5. The van der Waals surface area contributed by atoms with Crippen LogP contribution in [-0.2, 0) is 9.53 Å². The van der Waals surface area contributed by atoms with E-state index in [0.717, 1.165) is 42.9 Å². The Kier molecular flexibility index (Phi) is 11.5. The lowest BCUT2D eigenvalue weighted by atomic mass is 9.85. The first-order valence-electron chi connectivity index (χ1n) is 14.0. The van der Waals surface area contributed by atoms with Crippen LogP contribution in [-0.4, -0.2) is 18.6 Å². The van der Waals surface area contributed by atoms with Gasteiger partial charge in [0.05, 0.1) is 12.2 Å². The largest absolute Gasteiger partial charge is 0.463 e.